The lowest BCUT2D eigenvalue weighted by Crippen LogP contribution is -2.18. The van der Waals surface area contributed by atoms with E-state index in [1.54, 1.807) is 0 Å². The minimum atomic E-state index is -1.13. The van der Waals surface area contributed by atoms with Gasteiger partial charge in [-0.05, 0) is 13.0 Å². The van der Waals surface area contributed by atoms with E-state index >= 15 is 0 Å². The molecule has 0 bridgehead atoms. The standard InChI is InChI=1S/C8H11NO3/c1-5(7(10)9-3)4-6(2)8(11)12/h4H,2H2,1,3H3,(H,9,10)(H,11,12)/b5-4+. The number of carboxylic acids is 1. The number of hydrogen-bond acceptors (Lipinski definition) is 2. The van der Waals surface area contributed by atoms with Crippen molar-refractivity contribution < 1.29 is 14.7 Å². The van der Waals surface area contributed by atoms with Gasteiger partial charge in [-0.15, -0.1) is 0 Å². The van der Waals surface area contributed by atoms with Crippen LogP contribution in [0.25, 0.3) is 0 Å². The van der Waals surface area contributed by atoms with Gasteiger partial charge < -0.3 is 10.4 Å². The van der Waals surface area contributed by atoms with Crippen molar-refractivity contribution in [3.63, 3.8) is 0 Å². The van der Waals surface area contributed by atoms with Crippen molar-refractivity contribution in [3.05, 3.63) is 23.8 Å². The Morgan fingerprint density at radius 2 is 2.00 bits per heavy atom. The van der Waals surface area contributed by atoms with Gasteiger partial charge in [0.1, 0.15) is 0 Å². The highest BCUT2D eigenvalue weighted by Gasteiger charge is 2.04. The zero-order chi connectivity index (χ0) is 9.72. The zero-order valence-corrected chi connectivity index (χ0v) is 7.05. The van der Waals surface area contributed by atoms with Crippen molar-refractivity contribution >= 4 is 11.9 Å². The molecule has 0 atom stereocenters. The molecule has 2 N–H and O–H groups in total. The van der Waals surface area contributed by atoms with Crippen LogP contribution in [-0.4, -0.2) is 24.0 Å². The summed E-state index contributed by atoms with van der Waals surface area (Å²) in [6, 6.07) is 0. The first-order valence-electron chi connectivity index (χ1n) is 3.31. The summed E-state index contributed by atoms with van der Waals surface area (Å²) < 4.78 is 0. The second kappa shape index (κ2) is 4.33. The van der Waals surface area contributed by atoms with E-state index in [9.17, 15) is 9.59 Å². The lowest BCUT2D eigenvalue weighted by atomic mass is 10.2. The average Bonchev–Trinajstić information content (AvgIpc) is 2.02. The van der Waals surface area contributed by atoms with Gasteiger partial charge in [-0.2, -0.15) is 0 Å². The summed E-state index contributed by atoms with van der Waals surface area (Å²) in [5, 5.41) is 10.8. The van der Waals surface area contributed by atoms with Gasteiger partial charge in [-0.3, -0.25) is 4.79 Å². The van der Waals surface area contributed by atoms with Crippen molar-refractivity contribution in [3.8, 4) is 0 Å². The maximum absolute atomic E-state index is 10.9. The Bertz CT molecular complexity index is 253. The normalized spacial score (nSPS) is 10.7. The Kier molecular flexibility index (Phi) is 3.76. The van der Waals surface area contributed by atoms with Crippen LogP contribution in [0.2, 0.25) is 0 Å². The molecule has 4 nitrogen and oxygen atoms in total. The summed E-state index contributed by atoms with van der Waals surface area (Å²) in [5.74, 6) is -1.43. The molecule has 12 heavy (non-hydrogen) atoms. The van der Waals surface area contributed by atoms with Crippen LogP contribution in [0.3, 0.4) is 0 Å². The smallest absolute Gasteiger partial charge is 0.335 e. The summed E-state index contributed by atoms with van der Waals surface area (Å²) in [6.07, 6.45) is 1.22. The molecule has 1 amide bonds. The fourth-order valence-corrected chi connectivity index (χ4v) is 0.586. The van der Waals surface area contributed by atoms with Crippen molar-refractivity contribution in [1.29, 1.82) is 0 Å². The Labute approximate surface area is 70.6 Å². The predicted octanol–water partition coefficient (Wildman–Crippen LogP) is 0.319. The molecule has 0 saturated heterocycles. The molecule has 4 heteroatoms. The fourth-order valence-electron chi connectivity index (χ4n) is 0.586. The molecule has 0 spiro atoms. The Morgan fingerprint density at radius 1 is 1.50 bits per heavy atom. The zero-order valence-electron chi connectivity index (χ0n) is 7.05. The van der Waals surface area contributed by atoms with Gasteiger partial charge in [0.2, 0.25) is 5.91 Å². The van der Waals surface area contributed by atoms with E-state index < -0.39 is 5.97 Å². The number of aliphatic carboxylic acids is 1. The number of amides is 1. The molecule has 0 aliphatic rings. The number of hydrogen-bond donors (Lipinski definition) is 2. The van der Waals surface area contributed by atoms with Crippen LogP contribution in [0.5, 0.6) is 0 Å². The summed E-state index contributed by atoms with van der Waals surface area (Å²) in [4.78, 5) is 21.1. The lowest BCUT2D eigenvalue weighted by Gasteiger charge is -1.98. The molecular weight excluding hydrogens is 158 g/mol. The maximum atomic E-state index is 10.9. The van der Waals surface area contributed by atoms with Gasteiger partial charge in [0.05, 0.1) is 5.57 Å². The van der Waals surface area contributed by atoms with Gasteiger partial charge in [0.25, 0.3) is 0 Å². The monoisotopic (exact) mass is 169 g/mol. The molecule has 0 heterocycles. The Morgan fingerprint density at radius 3 is 2.33 bits per heavy atom. The first-order valence-corrected chi connectivity index (χ1v) is 3.31. The van der Waals surface area contributed by atoms with Gasteiger partial charge in [0.15, 0.2) is 0 Å². The molecule has 0 fully saturated rings. The predicted molar refractivity (Wildman–Crippen MR) is 44.6 cm³/mol. The maximum Gasteiger partial charge on any atom is 0.335 e. The molecule has 0 rings (SSSR count). The SMILES string of the molecule is C=C(/C=C(\C)C(=O)NC)C(=O)O. The summed E-state index contributed by atoms with van der Waals surface area (Å²) in [5.41, 5.74) is 0.223. The molecule has 0 radical (unpaired) electrons. The van der Waals surface area contributed by atoms with Gasteiger partial charge in [-0.1, -0.05) is 6.58 Å². The Balaban J connectivity index is 4.46. The van der Waals surface area contributed by atoms with Crippen LogP contribution in [-0.2, 0) is 9.59 Å². The highest BCUT2D eigenvalue weighted by atomic mass is 16.4. The van der Waals surface area contributed by atoms with Crippen LogP contribution in [0.4, 0.5) is 0 Å². The highest BCUT2D eigenvalue weighted by molar-refractivity contribution is 5.97. The number of carbonyl (C=O) groups excluding carboxylic acids is 1. The second-order valence-electron chi connectivity index (χ2n) is 2.24. The highest BCUT2D eigenvalue weighted by Crippen LogP contribution is 1.99. The summed E-state index contributed by atoms with van der Waals surface area (Å²) >= 11 is 0. The molecule has 0 aromatic carbocycles. The van der Waals surface area contributed by atoms with E-state index in [2.05, 4.69) is 11.9 Å². The topological polar surface area (TPSA) is 66.4 Å². The Hall–Kier alpha value is -1.58. The van der Waals surface area contributed by atoms with Crippen molar-refractivity contribution in [2.24, 2.45) is 0 Å². The molecular formula is C8H11NO3. The third-order valence-electron chi connectivity index (χ3n) is 1.25. The second-order valence-corrected chi connectivity index (χ2v) is 2.24. The van der Waals surface area contributed by atoms with Crippen LogP contribution in [0.1, 0.15) is 6.92 Å². The number of rotatable bonds is 3. The minimum Gasteiger partial charge on any atom is -0.478 e. The molecule has 66 valence electrons. The largest absolute Gasteiger partial charge is 0.478 e. The van der Waals surface area contributed by atoms with Gasteiger partial charge in [-0.25, -0.2) is 4.79 Å². The average molecular weight is 169 g/mol. The molecule has 0 aromatic heterocycles. The van der Waals surface area contributed by atoms with E-state index in [0.717, 1.165) is 0 Å². The first-order chi connectivity index (χ1) is 5.49. The third-order valence-corrected chi connectivity index (χ3v) is 1.25. The number of carbonyl (C=O) groups is 2. The first kappa shape index (κ1) is 10.4. The molecule has 0 aliphatic heterocycles. The molecule has 0 saturated carbocycles. The fraction of sp³-hybridized carbons (Fsp3) is 0.250. The van der Waals surface area contributed by atoms with Crippen LogP contribution < -0.4 is 5.32 Å². The lowest BCUT2D eigenvalue weighted by molar-refractivity contribution is -0.132. The van der Waals surface area contributed by atoms with E-state index in [-0.39, 0.29) is 11.5 Å². The van der Waals surface area contributed by atoms with E-state index in [0.29, 0.717) is 5.57 Å². The number of carboxylic acid groups (broad SMARTS) is 1. The van der Waals surface area contributed by atoms with E-state index in [4.69, 9.17) is 5.11 Å². The number of likely N-dealkylation sites (N-methyl/N-ethyl adjacent to an activating group) is 1. The third kappa shape index (κ3) is 3.01. The van der Waals surface area contributed by atoms with Crippen LogP contribution >= 0.6 is 0 Å². The molecule has 0 aliphatic carbocycles. The summed E-state index contributed by atoms with van der Waals surface area (Å²) in [7, 11) is 1.48. The van der Waals surface area contributed by atoms with E-state index in [1.807, 2.05) is 0 Å². The molecule has 0 unspecified atom stereocenters. The molecule has 0 aromatic rings. The van der Waals surface area contributed by atoms with Crippen molar-refractivity contribution in [2.75, 3.05) is 7.05 Å². The minimum absolute atomic E-state index is 0.101. The van der Waals surface area contributed by atoms with Crippen LogP contribution in [0.15, 0.2) is 23.8 Å². The van der Waals surface area contributed by atoms with Gasteiger partial charge in [0, 0.05) is 12.6 Å². The van der Waals surface area contributed by atoms with E-state index in [1.165, 1.54) is 20.0 Å². The van der Waals surface area contributed by atoms with Gasteiger partial charge >= 0.3 is 5.97 Å². The van der Waals surface area contributed by atoms with Crippen molar-refractivity contribution in [2.45, 2.75) is 6.92 Å². The van der Waals surface area contributed by atoms with Crippen molar-refractivity contribution in [1.82, 2.24) is 5.32 Å². The summed E-state index contributed by atoms with van der Waals surface area (Å²) in [6.45, 7) is 4.78. The quantitative estimate of drug-likeness (QED) is 0.472. The van der Waals surface area contributed by atoms with Crippen LogP contribution in [0, 0.1) is 0 Å². The number of nitrogens with one attached hydrogen (secondary N) is 1.